The first-order chi connectivity index (χ1) is 9.06. The van der Waals surface area contributed by atoms with Gasteiger partial charge in [0.2, 0.25) is 5.78 Å². The second-order valence-electron chi connectivity index (χ2n) is 4.93. The van der Waals surface area contributed by atoms with Gasteiger partial charge in [0.15, 0.2) is 11.5 Å². The van der Waals surface area contributed by atoms with E-state index in [-0.39, 0.29) is 23.4 Å². The van der Waals surface area contributed by atoms with Crippen molar-refractivity contribution >= 4 is 11.6 Å². The van der Waals surface area contributed by atoms with Crippen LogP contribution in [0.3, 0.4) is 0 Å². The molecule has 1 aromatic rings. The molecule has 0 spiro atoms. The van der Waals surface area contributed by atoms with Gasteiger partial charge in [0.25, 0.3) is 0 Å². The Morgan fingerprint density at radius 2 is 1.63 bits per heavy atom. The molecular formula is C16H18O3. The number of ketones is 2. The van der Waals surface area contributed by atoms with Crippen LogP contribution in [0.4, 0.5) is 0 Å². The van der Waals surface area contributed by atoms with Crippen LogP contribution >= 0.6 is 0 Å². The molecule has 0 unspecified atom stereocenters. The van der Waals surface area contributed by atoms with Crippen molar-refractivity contribution in [3.8, 4) is 0 Å². The van der Waals surface area contributed by atoms with E-state index in [0.717, 1.165) is 6.42 Å². The lowest BCUT2D eigenvalue weighted by molar-refractivity contribution is 0.0793. The minimum Gasteiger partial charge on any atom is -0.486 e. The van der Waals surface area contributed by atoms with E-state index in [2.05, 4.69) is 0 Å². The molecule has 0 aromatic heterocycles. The lowest BCUT2D eigenvalue weighted by atomic mass is 9.86. The number of ether oxygens (including phenoxy) is 1. The lowest BCUT2D eigenvalue weighted by Crippen LogP contribution is -2.25. The van der Waals surface area contributed by atoms with Crippen LogP contribution in [0.5, 0.6) is 0 Å². The molecule has 3 nitrogen and oxygen atoms in total. The molecule has 0 radical (unpaired) electrons. The van der Waals surface area contributed by atoms with Gasteiger partial charge in [-0.3, -0.25) is 9.59 Å². The first-order valence-corrected chi connectivity index (χ1v) is 6.64. The maximum absolute atomic E-state index is 12.5. The standard InChI is InChI=1S/C16H18O3/c1-4-7-13-14(17)11-8-5-6-9-12(11)15(18)16(13)19-10(2)3/h5-6,8-10H,4,7H2,1-3H3. The molecule has 2 rings (SSSR count). The van der Waals surface area contributed by atoms with E-state index >= 15 is 0 Å². The predicted molar refractivity (Wildman–Crippen MR) is 73.3 cm³/mol. The summed E-state index contributed by atoms with van der Waals surface area (Å²) in [6.07, 6.45) is 1.26. The van der Waals surface area contributed by atoms with E-state index in [1.54, 1.807) is 24.3 Å². The van der Waals surface area contributed by atoms with Crippen molar-refractivity contribution in [2.45, 2.75) is 39.7 Å². The van der Waals surface area contributed by atoms with Gasteiger partial charge in [-0.25, -0.2) is 0 Å². The van der Waals surface area contributed by atoms with Crippen molar-refractivity contribution in [3.05, 3.63) is 46.7 Å². The number of rotatable bonds is 4. The lowest BCUT2D eigenvalue weighted by Gasteiger charge is -2.22. The molecule has 0 saturated heterocycles. The molecule has 0 fully saturated rings. The molecule has 0 aliphatic heterocycles. The highest BCUT2D eigenvalue weighted by molar-refractivity contribution is 6.26. The van der Waals surface area contributed by atoms with Gasteiger partial charge in [-0.15, -0.1) is 0 Å². The smallest absolute Gasteiger partial charge is 0.228 e. The fourth-order valence-electron chi connectivity index (χ4n) is 2.24. The van der Waals surface area contributed by atoms with E-state index < -0.39 is 0 Å². The second kappa shape index (κ2) is 5.39. The molecule has 100 valence electrons. The summed E-state index contributed by atoms with van der Waals surface area (Å²) in [7, 11) is 0. The molecule has 19 heavy (non-hydrogen) atoms. The molecule has 0 heterocycles. The van der Waals surface area contributed by atoms with Crippen LogP contribution in [0, 0.1) is 0 Å². The zero-order valence-electron chi connectivity index (χ0n) is 11.5. The number of carbonyl (C=O) groups excluding carboxylic acids is 2. The first-order valence-electron chi connectivity index (χ1n) is 6.64. The summed E-state index contributed by atoms with van der Waals surface area (Å²) in [4.78, 5) is 24.9. The number of fused-ring (bicyclic) bond motifs is 1. The van der Waals surface area contributed by atoms with Gasteiger partial charge in [0.05, 0.1) is 6.10 Å². The quantitative estimate of drug-likeness (QED) is 0.829. The second-order valence-corrected chi connectivity index (χ2v) is 4.93. The van der Waals surface area contributed by atoms with E-state index in [1.807, 2.05) is 20.8 Å². The Morgan fingerprint density at radius 3 is 2.16 bits per heavy atom. The summed E-state index contributed by atoms with van der Waals surface area (Å²) in [6, 6.07) is 6.93. The van der Waals surface area contributed by atoms with Gasteiger partial charge in [-0.05, 0) is 20.3 Å². The predicted octanol–water partition coefficient (Wildman–Crippen LogP) is 3.54. The summed E-state index contributed by atoms with van der Waals surface area (Å²) in [5.74, 6) is -0.0133. The van der Waals surface area contributed by atoms with Crippen LogP contribution in [0.15, 0.2) is 35.6 Å². The summed E-state index contributed by atoms with van der Waals surface area (Å²) in [5, 5.41) is 0. The largest absolute Gasteiger partial charge is 0.486 e. The van der Waals surface area contributed by atoms with E-state index in [1.165, 1.54) is 0 Å². The summed E-state index contributed by atoms with van der Waals surface area (Å²) in [6.45, 7) is 5.70. The van der Waals surface area contributed by atoms with Crippen LogP contribution in [0.2, 0.25) is 0 Å². The van der Waals surface area contributed by atoms with Crippen LogP contribution in [0.25, 0.3) is 0 Å². The van der Waals surface area contributed by atoms with E-state index in [4.69, 9.17) is 4.74 Å². The maximum atomic E-state index is 12.5. The zero-order valence-corrected chi connectivity index (χ0v) is 11.5. The van der Waals surface area contributed by atoms with Gasteiger partial charge in [0.1, 0.15) is 0 Å². The number of hydrogen-bond donors (Lipinski definition) is 0. The number of benzene rings is 1. The minimum absolute atomic E-state index is 0.0762. The number of allylic oxidation sites excluding steroid dienone is 2. The third kappa shape index (κ3) is 2.46. The number of carbonyl (C=O) groups is 2. The monoisotopic (exact) mass is 258 g/mol. The van der Waals surface area contributed by atoms with Gasteiger partial charge in [-0.2, -0.15) is 0 Å². The molecule has 0 saturated carbocycles. The molecule has 0 bridgehead atoms. The molecule has 3 heteroatoms. The van der Waals surface area contributed by atoms with Crippen molar-refractivity contribution in [2.75, 3.05) is 0 Å². The Bertz CT molecular complexity index is 553. The number of hydrogen-bond acceptors (Lipinski definition) is 3. The molecule has 0 N–H and O–H groups in total. The van der Waals surface area contributed by atoms with E-state index in [9.17, 15) is 9.59 Å². The highest BCUT2D eigenvalue weighted by Gasteiger charge is 2.33. The Labute approximate surface area is 113 Å². The van der Waals surface area contributed by atoms with Crippen molar-refractivity contribution in [1.82, 2.24) is 0 Å². The highest BCUT2D eigenvalue weighted by Crippen LogP contribution is 2.29. The SMILES string of the molecule is CCCC1=C(OC(C)C)C(=O)c2ccccc2C1=O. The maximum Gasteiger partial charge on any atom is 0.228 e. The van der Waals surface area contributed by atoms with Crippen LogP contribution in [-0.4, -0.2) is 17.7 Å². The van der Waals surface area contributed by atoms with Gasteiger partial charge >= 0.3 is 0 Å². The average Bonchev–Trinajstić information content (AvgIpc) is 2.39. The topological polar surface area (TPSA) is 43.4 Å². The average molecular weight is 258 g/mol. The van der Waals surface area contributed by atoms with Crippen molar-refractivity contribution in [2.24, 2.45) is 0 Å². The third-order valence-electron chi connectivity index (χ3n) is 3.02. The summed E-state index contributed by atoms with van der Waals surface area (Å²) in [5.41, 5.74) is 1.45. The molecule has 1 aliphatic carbocycles. The molecular weight excluding hydrogens is 240 g/mol. The first kappa shape index (κ1) is 13.5. The Kier molecular flexibility index (Phi) is 3.84. The Morgan fingerprint density at radius 1 is 1.05 bits per heavy atom. The van der Waals surface area contributed by atoms with Gasteiger partial charge in [-0.1, -0.05) is 37.6 Å². The van der Waals surface area contributed by atoms with Gasteiger partial charge in [0, 0.05) is 16.7 Å². The minimum atomic E-state index is -0.174. The molecule has 1 aromatic carbocycles. The third-order valence-corrected chi connectivity index (χ3v) is 3.02. The van der Waals surface area contributed by atoms with Crippen molar-refractivity contribution in [1.29, 1.82) is 0 Å². The fraction of sp³-hybridized carbons (Fsp3) is 0.375. The highest BCUT2D eigenvalue weighted by atomic mass is 16.5. The zero-order chi connectivity index (χ0) is 14.0. The van der Waals surface area contributed by atoms with Crippen LogP contribution in [0.1, 0.15) is 54.3 Å². The molecule has 1 aliphatic rings. The normalized spacial score (nSPS) is 14.9. The Hall–Kier alpha value is -1.90. The summed E-state index contributed by atoms with van der Waals surface area (Å²) < 4.78 is 5.61. The van der Waals surface area contributed by atoms with Crippen molar-refractivity contribution < 1.29 is 14.3 Å². The van der Waals surface area contributed by atoms with Crippen LogP contribution < -0.4 is 0 Å². The van der Waals surface area contributed by atoms with Crippen molar-refractivity contribution in [3.63, 3.8) is 0 Å². The summed E-state index contributed by atoms with van der Waals surface area (Å²) >= 11 is 0. The molecule has 0 amide bonds. The Balaban J connectivity index is 2.55. The van der Waals surface area contributed by atoms with E-state index in [0.29, 0.717) is 23.1 Å². The molecule has 0 atom stereocenters. The van der Waals surface area contributed by atoms with Gasteiger partial charge < -0.3 is 4.74 Å². The number of Topliss-reactive ketones (excluding diaryl/α,β-unsaturated/α-hetero) is 2. The van der Waals surface area contributed by atoms with Crippen LogP contribution in [-0.2, 0) is 4.74 Å². The fourth-order valence-corrected chi connectivity index (χ4v) is 2.24.